The third-order valence-electron chi connectivity index (χ3n) is 3.46. The molecular weight excluding hydrogens is 262 g/mol. The van der Waals surface area contributed by atoms with E-state index in [4.69, 9.17) is 4.74 Å². The van der Waals surface area contributed by atoms with E-state index < -0.39 is 0 Å². The number of anilines is 2. The van der Waals surface area contributed by atoms with Crippen LogP contribution in [-0.4, -0.2) is 12.4 Å². The summed E-state index contributed by atoms with van der Waals surface area (Å²) in [5.74, 6) is 0.915. The van der Waals surface area contributed by atoms with Crippen molar-refractivity contribution in [2.45, 2.75) is 20.3 Å². The molecular formula is C18H21NO2. The highest BCUT2D eigenvalue weighted by molar-refractivity contribution is 5.82. The van der Waals surface area contributed by atoms with Gasteiger partial charge in [-0.05, 0) is 42.8 Å². The Hall–Kier alpha value is -2.29. The number of benzene rings is 2. The van der Waals surface area contributed by atoms with Crippen LogP contribution in [0.2, 0.25) is 0 Å². The van der Waals surface area contributed by atoms with Gasteiger partial charge in [0.05, 0.1) is 0 Å². The number of carbonyl (C=O) groups excluding carboxylic acids is 1. The van der Waals surface area contributed by atoms with E-state index in [-0.39, 0.29) is 18.3 Å². The summed E-state index contributed by atoms with van der Waals surface area (Å²) in [4.78, 5) is 11.7. The van der Waals surface area contributed by atoms with E-state index in [1.54, 1.807) is 0 Å². The molecule has 2 aromatic carbocycles. The Labute approximate surface area is 126 Å². The lowest BCUT2D eigenvalue weighted by atomic mass is 10.1. The van der Waals surface area contributed by atoms with Crippen molar-refractivity contribution in [1.29, 1.82) is 0 Å². The maximum atomic E-state index is 11.7. The second kappa shape index (κ2) is 7.48. The van der Waals surface area contributed by atoms with Gasteiger partial charge in [0, 0.05) is 17.3 Å². The first kappa shape index (κ1) is 15.1. The summed E-state index contributed by atoms with van der Waals surface area (Å²) in [5.41, 5.74) is 2.03. The van der Waals surface area contributed by atoms with E-state index in [0.717, 1.165) is 17.8 Å². The normalized spacial score (nSPS) is 11.7. The zero-order valence-corrected chi connectivity index (χ0v) is 12.5. The summed E-state index contributed by atoms with van der Waals surface area (Å²) in [5, 5.41) is 3.30. The summed E-state index contributed by atoms with van der Waals surface area (Å²) in [6.07, 6.45) is 0.849. The van der Waals surface area contributed by atoms with Crippen LogP contribution in [0.25, 0.3) is 0 Å². The number of nitrogens with one attached hydrogen (secondary N) is 1. The average Bonchev–Trinajstić information content (AvgIpc) is 2.54. The molecule has 0 aromatic heterocycles. The fraction of sp³-hybridized carbons (Fsp3) is 0.278. The summed E-state index contributed by atoms with van der Waals surface area (Å²) >= 11 is 0. The third-order valence-corrected chi connectivity index (χ3v) is 3.46. The number of hydrogen-bond donors (Lipinski definition) is 1. The van der Waals surface area contributed by atoms with Crippen molar-refractivity contribution in [2.75, 3.05) is 11.9 Å². The Morgan fingerprint density at radius 3 is 2.29 bits per heavy atom. The predicted octanol–water partition coefficient (Wildman–Crippen LogP) is 4.42. The van der Waals surface area contributed by atoms with Crippen molar-refractivity contribution < 1.29 is 9.53 Å². The molecule has 21 heavy (non-hydrogen) atoms. The number of para-hydroxylation sites is 1. The predicted molar refractivity (Wildman–Crippen MR) is 86.1 cm³/mol. The summed E-state index contributed by atoms with van der Waals surface area (Å²) < 4.78 is 5.52. The van der Waals surface area contributed by atoms with E-state index in [2.05, 4.69) is 5.32 Å². The molecule has 0 fully saturated rings. The van der Waals surface area contributed by atoms with Crippen LogP contribution >= 0.6 is 0 Å². The van der Waals surface area contributed by atoms with Crippen molar-refractivity contribution >= 4 is 17.2 Å². The van der Waals surface area contributed by atoms with Crippen LogP contribution in [0.1, 0.15) is 20.3 Å². The van der Waals surface area contributed by atoms with Gasteiger partial charge in [-0.25, -0.2) is 0 Å². The molecule has 110 valence electrons. The molecule has 1 N–H and O–H groups in total. The summed E-state index contributed by atoms with van der Waals surface area (Å²) in [6, 6.07) is 17.6. The van der Waals surface area contributed by atoms with E-state index in [1.165, 1.54) is 0 Å². The van der Waals surface area contributed by atoms with Crippen molar-refractivity contribution in [2.24, 2.45) is 5.92 Å². The van der Waals surface area contributed by atoms with Gasteiger partial charge in [-0.1, -0.05) is 32.0 Å². The number of ketones is 1. The molecule has 0 bridgehead atoms. The van der Waals surface area contributed by atoms with Crippen LogP contribution in [0.5, 0.6) is 5.75 Å². The fourth-order valence-corrected chi connectivity index (χ4v) is 1.85. The topological polar surface area (TPSA) is 38.3 Å². The van der Waals surface area contributed by atoms with Gasteiger partial charge >= 0.3 is 0 Å². The van der Waals surface area contributed by atoms with Gasteiger partial charge in [-0.15, -0.1) is 0 Å². The van der Waals surface area contributed by atoms with Gasteiger partial charge < -0.3 is 10.1 Å². The lowest BCUT2D eigenvalue weighted by Gasteiger charge is -2.10. The molecule has 0 saturated carbocycles. The standard InChI is InChI=1S/C18H21NO2/c1-3-14(2)18(20)13-21-17-11-9-16(10-12-17)19-15-7-5-4-6-8-15/h4-12,14,19H,3,13H2,1-2H3. The van der Waals surface area contributed by atoms with Crippen molar-refractivity contribution in [3.63, 3.8) is 0 Å². The largest absolute Gasteiger partial charge is 0.486 e. The highest BCUT2D eigenvalue weighted by Gasteiger charge is 2.10. The minimum atomic E-state index is 0.0593. The molecule has 0 aliphatic carbocycles. The van der Waals surface area contributed by atoms with Crippen LogP contribution in [0.4, 0.5) is 11.4 Å². The number of carbonyl (C=O) groups is 1. The van der Waals surface area contributed by atoms with Crippen molar-refractivity contribution in [1.82, 2.24) is 0 Å². The van der Waals surface area contributed by atoms with Gasteiger partial charge in [0.2, 0.25) is 0 Å². The van der Waals surface area contributed by atoms with E-state index in [9.17, 15) is 4.79 Å². The van der Waals surface area contributed by atoms with Crippen LogP contribution in [0.3, 0.4) is 0 Å². The minimum Gasteiger partial charge on any atom is -0.486 e. The Bertz CT molecular complexity index is 564. The second-order valence-corrected chi connectivity index (χ2v) is 5.08. The molecule has 3 nitrogen and oxygen atoms in total. The molecule has 0 radical (unpaired) electrons. The van der Waals surface area contributed by atoms with Crippen LogP contribution in [0, 0.1) is 5.92 Å². The maximum absolute atomic E-state index is 11.7. The zero-order valence-electron chi connectivity index (χ0n) is 12.5. The van der Waals surface area contributed by atoms with Crippen LogP contribution < -0.4 is 10.1 Å². The number of rotatable bonds is 7. The monoisotopic (exact) mass is 283 g/mol. The maximum Gasteiger partial charge on any atom is 0.172 e. The first-order valence-electron chi connectivity index (χ1n) is 7.26. The van der Waals surface area contributed by atoms with Crippen molar-refractivity contribution in [3.8, 4) is 5.75 Å². The van der Waals surface area contributed by atoms with Crippen molar-refractivity contribution in [3.05, 3.63) is 54.6 Å². The molecule has 1 unspecified atom stereocenters. The van der Waals surface area contributed by atoms with E-state index >= 15 is 0 Å². The molecule has 2 rings (SSSR count). The van der Waals surface area contributed by atoms with Gasteiger partial charge in [0.1, 0.15) is 12.4 Å². The highest BCUT2D eigenvalue weighted by atomic mass is 16.5. The van der Waals surface area contributed by atoms with Gasteiger partial charge in [0.15, 0.2) is 5.78 Å². The second-order valence-electron chi connectivity index (χ2n) is 5.08. The zero-order chi connectivity index (χ0) is 15.1. The van der Waals surface area contributed by atoms with Gasteiger partial charge in [0.25, 0.3) is 0 Å². The first-order valence-corrected chi connectivity index (χ1v) is 7.26. The number of hydrogen-bond acceptors (Lipinski definition) is 3. The molecule has 0 heterocycles. The lowest BCUT2D eigenvalue weighted by molar-refractivity contribution is -0.124. The molecule has 0 aliphatic heterocycles. The Morgan fingerprint density at radius 2 is 1.67 bits per heavy atom. The molecule has 1 atom stereocenters. The number of ether oxygens (including phenoxy) is 1. The minimum absolute atomic E-state index is 0.0593. The molecule has 0 amide bonds. The Balaban J connectivity index is 1.89. The van der Waals surface area contributed by atoms with Crippen LogP contribution in [-0.2, 0) is 4.79 Å². The molecule has 0 aliphatic rings. The quantitative estimate of drug-likeness (QED) is 0.817. The molecule has 0 saturated heterocycles. The SMILES string of the molecule is CCC(C)C(=O)COc1ccc(Nc2ccccc2)cc1. The first-order chi connectivity index (χ1) is 10.2. The lowest BCUT2D eigenvalue weighted by Crippen LogP contribution is -2.18. The molecule has 0 spiro atoms. The summed E-state index contributed by atoms with van der Waals surface area (Å²) in [7, 11) is 0. The Morgan fingerprint density at radius 1 is 1.05 bits per heavy atom. The van der Waals surface area contributed by atoms with E-state index in [0.29, 0.717) is 5.75 Å². The Kier molecular flexibility index (Phi) is 5.38. The third kappa shape index (κ3) is 4.63. The molecule has 3 heteroatoms. The highest BCUT2D eigenvalue weighted by Crippen LogP contribution is 2.20. The van der Waals surface area contributed by atoms with Gasteiger partial charge in [-0.3, -0.25) is 4.79 Å². The average molecular weight is 283 g/mol. The summed E-state index contributed by atoms with van der Waals surface area (Å²) in [6.45, 7) is 4.08. The smallest absolute Gasteiger partial charge is 0.172 e. The van der Waals surface area contributed by atoms with Crippen LogP contribution in [0.15, 0.2) is 54.6 Å². The van der Waals surface area contributed by atoms with Gasteiger partial charge in [-0.2, -0.15) is 0 Å². The fourth-order valence-electron chi connectivity index (χ4n) is 1.85. The molecule has 2 aromatic rings. The van der Waals surface area contributed by atoms with E-state index in [1.807, 2.05) is 68.4 Å². The number of Topliss-reactive ketones (excluding diaryl/α,β-unsaturated/α-hetero) is 1.